The van der Waals surface area contributed by atoms with E-state index in [1.807, 2.05) is 0 Å². The van der Waals surface area contributed by atoms with Gasteiger partial charge in [-0.05, 0) is 12.8 Å². The summed E-state index contributed by atoms with van der Waals surface area (Å²) in [6, 6.07) is 0. The van der Waals surface area contributed by atoms with Crippen LogP contribution >= 0.6 is 7.82 Å². The minimum absolute atomic E-state index is 0.0913. The minimum Gasteiger partial charge on any atom is -0.469 e. The molecular formula is C11H24NO8P. The van der Waals surface area contributed by atoms with Crippen LogP contribution in [0.25, 0.3) is 0 Å². The van der Waals surface area contributed by atoms with E-state index in [0.717, 1.165) is 0 Å². The van der Waals surface area contributed by atoms with E-state index in [2.05, 4.69) is 13.8 Å². The molecule has 0 bridgehead atoms. The van der Waals surface area contributed by atoms with Gasteiger partial charge in [0.25, 0.3) is 0 Å². The second-order valence-corrected chi connectivity index (χ2v) is 5.55. The number of aliphatic hydroxyl groups is 1. The molecule has 10 heteroatoms. The van der Waals surface area contributed by atoms with Crippen molar-refractivity contribution in [2.75, 3.05) is 40.1 Å². The number of hydrogen-bond acceptors (Lipinski definition) is 8. The van der Waals surface area contributed by atoms with Crippen molar-refractivity contribution < 1.29 is 37.9 Å². The molecule has 0 spiro atoms. The maximum atomic E-state index is 11.3. The van der Waals surface area contributed by atoms with Crippen LogP contribution in [0.4, 0.5) is 0 Å². The van der Waals surface area contributed by atoms with Gasteiger partial charge >= 0.3 is 13.8 Å². The standard InChI is InChI=1S/C11H24NO8P/c1-17-11(14)4-2-3-6-18-10(8-13)9-20-21(15,16)19-7-5-12/h10,13H,2-9,12H2,1H3,(H,15,16). The monoisotopic (exact) mass is 329 g/mol. The van der Waals surface area contributed by atoms with Crippen molar-refractivity contribution in [1.82, 2.24) is 0 Å². The number of phosphoric ester groups is 1. The Morgan fingerprint density at radius 1 is 1.29 bits per heavy atom. The molecule has 0 radical (unpaired) electrons. The number of nitrogens with two attached hydrogens (primary N) is 1. The van der Waals surface area contributed by atoms with Gasteiger partial charge in [-0.3, -0.25) is 13.8 Å². The fourth-order valence-electron chi connectivity index (χ4n) is 1.26. The number of carbonyl (C=O) groups excluding carboxylic acids is 1. The van der Waals surface area contributed by atoms with E-state index in [1.54, 1.807) is 0 Å². The number of aliphatic hydroxyl groups excluding tert-OH is 1. The predicted molar refractivity (Wildman–Crippen MR) is 73.5 cm³/mol. The Balaban J connectivity index is 3.80. The molecule has 0 rings (SSSR count). The van der Waals surface area contributed by atoms with Crippen LogP contribution in [0.15, 0.2) is 0 Å². The molecule has 0 aromatic carbocycles. The number of ether oxygens (including phenoxy) is 2. The first kappa shape index (κ1) is 20.5. The van der Waals surface area contributed by atoms with Gasteiger partial charge in [0.05, 0.1) is 26.9 Å². The number of phosphoric acid groups is 1. The quantitative estimate of drug-likeness (QED) is 0.238. The molecule has 0 saturated carbocycles. The highest BCUT2D eigenvalue weighted by atomic mass is 31.2. The number of esters is 1. The summed E-state index contributed by atoms with van der Waals surface area (Å²) in [7, 11) is -2.85. The van der Waals surface area contributed by atoms with E-state index < -0.39 is 13.9 Å². The summed E-state index contributed by atoms with van der Waals surface area (Å²) >= 11 is 0. The Hall–Kier alpha value is -0.540. The van der Waals surface area contributed by atoms with Gasteiger partial charge in [-0.1, -0.05) is 0 Å². The first-order valence-electron chi connectivity index (χ1n) is 6.56. The molecule has 0 aromatic rings. The van der Waals surface area contributed by atoms with Crippen molar-refractivity contribution in [3.8, 4) is 0 Å². The van der Waals surface area contributed by atoms with Crippen LogP contribution in [0.2, 0.25) is 0 Å². The molecule has 0 aliphatic carbocycles. The zero-order valence-corrected chi connectivity index (χ0v) is 13.0. The van der Waals surface area contributed by atoms with E-state index in [4.69, 9.17) is 15.6 Å². The van der Waals surface area contributed by atoms with Gasteiger partial charge < -0.3 is 25.2 Å². The summed E-state index contributed by atoms with van der Waals surface area (Å²) in [5.74, 6) is -0.296. The normalized spacial score (nSPS) is 15.4. The topological polar surface area (TPSA) is 138 Å². The molecular weight excluding hydrogens is 305 g/mol. The lowest BCUT2D eigenvalue weighted by Gasteiger charge is -2.17. The first-order valence-corrected chi connectivity index (χ1v) is 8.06. The summed E-state index contributed by atoms with van der Waals surface area (Å²) in [4.78, 5) is 20.1. The van der Waals surface area contributed by atoms with Crippen LogP contribution in [0, 0.1) is 0 Å². The zero-order chi connectivity index (χ0) is 16.1. The van der Waals surface area contributed by atoms with Crippen molar-refractivity contribution in [1.29, 1.82) is 0 Å². The van der Waals surface area contributed by atoms with Crippen molar-refractivity contribution >= 4 is 13.8 Å². The second-order valence-electron chi connectivity index (χ2n) is 4.09. The SMILES string of the molecule is COC(=O)CCCCOC(CO)COP(=O)(O)OCCN. The maximum Gasteiger partial charge on any atom is 0.472 e. The van der Waals surface area contributed by atoms with Crippen LogP contribution in [0.1, 0.15) is 19.3 Å². The Kier molecular flexibility index (Phi) is 11.7. The largest absolute Gasteiger partial charge is 0.472 e. The lowest BCUT2D eigenvalue weighted by atomic mass is 10.2. The average molecular weight is 329 g/mol. The molecule has 0 fully saturated rings. The van der Waals surface area contributed by atoms with Crippen LogP contribution < -0.4 is 5.73 Å². The molecule has 0 aromatic heterocycles. The van der Waals surface area contributed by atoms with Gasteiger partial charge in [-0.25, -0.2) is 4.57 Å². The minimum atomic E-state index is -4.17. The van der Waals surface area contributed by atoms with Gasteiger partial charge in [0.15, 0.2) is 0 Å². The molecule has 2 atom stereocenters. The van der Waals surface area contributed by atoms with E-state index in [9.17, 15) is 14.3 Å². The summed E-state index contributed by atoms with van der Waals surface area (Å²) in [6.07, 6.45) is 0.722. The molecule has 4 N–H and O–H groups in total. The number of unbranched alkanes of at least 4 members (excludes halogenated alkanes) is 1. The van der Waals surface area contributed by atoms with Gasteiger partial charge in [-0.15, -0.1) is 0 Å². The molecule has 2 unspecified atom stereocenters. The predicted octanol–water partition coefficient (Wildman–Crippen LogP) is -0.200. The first-order chi connectivity index (χ1) is 9.95. The Bertz CT molecular complexity index is 327. The highest BCUT2D eigenvalue weighted by Crippen LogP contribution is 2.42. The Morgan fingerprint density at radius 2 is 2.00 bits per heavy atom. The molecule has 126 valence electrons. The van der Waals surface area contributed by atoms with Gasteiger partial charge in [0.2, 0.25) is 0 Å². The van der Waals surface area contributed by atoms with Crippen molar-refractivity contribution in [3.63, 3.8) is 0 Å². The van der Waals surface area contributed by atoms with Gasteiger partial charge in [-0.2, -0.15) is 0 Å². The maximum absolute atomic E-state index is 11.3. The highest BCUT2D eigenvalue weighted by Gasteiger charge is 2.23. The molecule has 0 amide bonds. The fourth-order valence-corrected chi connectivity index (χ4v) is 2.02. The zero-order valence-electron chi connectivity index (χ0n) is 12.1. The number of rotatable bonds is 13. The molecule has 0 heterocycles. The second kappa shape index (κ2) is 12.0. The smallest absolute Gasteiger partial charge is 0.469 e. The molecule has 0 aliphatic rings. The number of methoxy groups -OCH3 is 1. The molecule has 9 nitrogen and oxygen atoms in total. The van der Waals surface area contributed by atoms with E-state index in [0.29, 0.717) is 19.3 Å². The third-order valence-corrected chi connectivity index (χ3v) is 3.34. The Morgan fingerprint density at radius 3 is 2.57 bits per heavy atom. The van der Waals surface area contributed by atoms with Crippen molar-refractivity contribution in [2.24, 2.45) is 5.73 Å². The average Bonchev–Trinajstić information content (AvgIpc) is 2.47. The van der Waals surface area contributed by atoms with Crippen LogP contribution in [-0.4, -0.2) is 62.2 Å². The number of hydrogen-bond donors (Lipinski definition) is 3. The van der Waals surface area contributed by atoms with Gasteiger partial charge in [0.1, 0.15) is 6.10 Å². The third kappa shape index (κ3) is 11.8. The van der Waals surface area contributed by atoms with Crippen LogP contribution in [0.5, 0.6) is 0 Å². The van der Waals surface area contributed by atoms with Crippen LogP contribution in [0.3, 0.4) is 0 Å². The lowest BCUT2D eigenvalue weighted by molar-refractivity contribution is -0.140. The summed E-state index contributed by atoms with van der Waals surface area (Å²) < 4.78 is 30.3. The summed E-state index contributed by atoms with van der Waals surface area (Å²) in [6.45, 7) is -0.384. The lowest BCUT2D eigenvalue weighted by Crippen LogP contribution is -2.24. The summed E-state index contributed by atoms with van der Waals surface area (Å²) in [5.41, 5.74) is 5.13. The highest BCUT2D eigenvalue weighted by molar-refractivity contribution is 7.47. The fraction of sp³-hybridized carbons (Fsp3) is 0.909. The van der Waals surface area contributed by atoms with E-state index in [1.165, 1.54) is 7.11 Å². The molecule has 0 saturated heterocycles. The van der Waals surface area contributed by atoms with E-state index >= 15 is 0 Å². The third-order valence-electron chi connectivity index (χ3n) is 2.36. The molecule has 21 heavy (non-hydrogen) atoms. The summed E-state index contributed by atoms with van der Waals surface area (Å²) in [5, 5.41) is 9.07. The van der Waals surface area contributed by atoms with Crippen molar-refractivity contribution in [2.45, 2.75) is 25.4 Å². The molecule has 0 aliphatic heterocycles. The van der Waals surface area contributed by atoms with Crippen molar-refractivity contribution in [3.05, 3.63) is 0 Å². The van der Waals surface area contributed by atoms with Crippen LogP contribution in [-0.2, 0) is 27.9 Å². The van der Waals surface area contributed by atoms with Gasteiger partial charge in [0, 0.05) is 19.6 Å². The number of carbonyl (C=O) groups is 1. The Labute approximate surface area is 123 Å². The van der Waals surface area contributed by atoms with E-state index in [-0.39, 0.29) is 38.9 Å².